The summed E-state index contributed by atoms with van der Waals surface area (Å²) >= 11 is 0. The second-order valence-electron chi connectivity index (χ2n) is 5.18. The molecule has 0 radical (unpaired) electrons. The van der Waals surface area contributed by atoms with Crippen LogP contribution in [0.3, 0.4) is 0 Å². The topological polar surface area (TPSA) is 97.5 Å². The van der Waals surface area contributed by atoms with E-state index in [1.54, 1.807) is 31.4 Å². The molecule has 1 heterocycles. The summed E-state index contributed by atoms with van der Waals surface area (Å²) in [6, 6.07) is 16.4. The molecule has 0 unspecified atom stereocenters. The lowest BCUT2D eigenvalue weighted by molar-refractivity contribution is 0.386. The minimum atomic E-state index is -4.55. The Kier molecular flexibility index (Phi) is 4.49. The third-order valence-corrected chi connectivity index (χ3v) is 4.38. The van der Waals surface area contributed by atoms with Gasteiger partial charge in [-0.3, -0.25) is 4.57 Å². The van der Waals surface area contributed by atoms with Gasteiger partial charge in [0.15, 0.2) is 0 Å². The molecule has 7 nitrogen and oxygen atoms in total. The molecule has 2 aromatic carbocycles. The lowest BCUT2D eigenvalue weighted by Gasteiger charge is -2.10. The van der Waals surface area contributed by atoms with Gasteiger partial charge in [0.05, 0.1) is 13.7 Å². The highest BCUT2D eigenvalue weighted by atomic mass is 31.2. The summed E-state index contributed by atoms with van der Waals surface area (Å²) in [5, 5.41) is 7.66. The minimum absolute atomic E-state index is 0.301. The van der Waals surface area contributed by atoms with Gasteiger partial charge in [0, 0.05) is 5.56 Å². The average molecular weight is 345 g/mol. The third-order valence-electron chi connectivity index (χ3n) is 3.53. The van der Waals surface area contributed by atoms with Gasteiger partial charge in [-0.25, -0.2) is 4.68 Å². The van der Waals surface area contributed by atoms with E-state index in [0.29, 0.717) is 23.6 Å². The first-order chi connectivity index (χ1) is 11.5. The van der Waals surface area contributed by atoms with Crippen LogP contribution in [0, 0.1) is 0 Å². The number of methoxy groups -OCH3 is 1. The van der Waals surface area contributed by atoms with Crippen molar-refractivity contribution in [2.75, 3.05) is 7.11 Å². The Morgan fingerprint density at radius 2 is 1.75 bits per heavy atom. The zero-order valence-corrected chi connectivity index (χ0v) is 13.8. The molecule has 0 aliphatic heterocycles. The average Bonchev–Trinajstić information content (AvgIpc) is 3.00. The van der Waals surface area contributed by atoms with Crippen LogP contribution in [0.2, 0.25) is 0 Å². The normalized spacial score (nSPS) is 11.5. The number of aromatic nitrogens is 3. The molecule has 0 atom stereocenters. The second kappa shape index (κ2) is 6.57. The maximum atomic E-state index is 11.8. The molecule has 0 fully saturated rings. The molecule has 8 heteroatoms. The van der Waals surface area contributed by atoms with Crippen molar-refractivity contribution in [2.45, 2.75) is 6.54 Å². The predicted molar refractivity (Wildman–Crippen MR) is 89.2 cm³/mol. The van der Waals surface area contributed by atoms with Crippen LogP contribution < -0.4 is 10.2 Å². The zero-order valence-electron chi connectivity index (χ0n) is 12.9. The molecule has 0 amide bonds. The van der Waals surface area contributed by atoms with Crippen molar-refractivity contribution in [2.24, 2.45) is 0 Å². The molecule has 3 rings (SSSR count). The fourth-order valence-electron chi connectivity index (χ4n) is 2.39. The Labute approximate surface area is 138 Å². The molecule has 0 saturated heterocycles. The van der Waals surface area contributed by atoms with Crippen LogP contribution >= 0.6 is 7.60 Å². The van der Waals surface area contributed by atoms with Crippen molar-refractivity contribution in [3.63, 3.8) is 0 Å². The van der Waals surface area contributed by atoms with Crippen LogP contribution in [-0.2, 0) is 11.1 Å². The van der Waals surface area contributed by atoms with Gasteiger partial charge in [0.2, 0.25) is 5.44 Å². The molecular formula is C16H16N3O4P. The van der Waals surface area contributed by atoms with Crippen LogP contribution in [0.1, 0.15) is 5.56 Å². The van der Waals surface area contributed by atoms with Crippen molar-refractivity contribution >= 4 is 13.0 Å². The third kappa shape index (κ3) is 3.38. The van der Waals surface area contributed by atoms with E-state index in [1.165, 1.54) is 4.68 Å². The fourth-order valence-corrected chi connectivity index (χ4v) is 3.07. The highest BCUT2D eigenvalue weighted by Crippen LogP contribution is 2.37. The van der Waals surface area contributed by atoms with E-state index >= 15 is 0 Å². The number of benzene rings is 2. The van der Waals surface area contributed by atoms with E-state index in [2.05, 4.69) is 10.3 Å². The Balaban J connectivity index is 2.09. The summed E-state index contributed by atoms with van der Waals surface area (Å²) in [7, 11) is -3.00. The Bertz CT molecular complexity index is 872. The van der Waals surface area contributed by atoms with Gasteiger partial charge in [0.25, 0.3) is 0 Å². The molecule has 124 valence electrons. The van der Waals surface area contributed by atoms with Gasteiger partial charge >= 0.3 is 7.60 Å². The summed E-state index contributed by atoms with van der Waals surface area (Å²) < 4.78 is 18.4. The summed E-state index contributed by atoms with van der Waals surface area (Å²) in [6.45, 7) is 0.356. The van der Waals surface area contributed by atoms with Crippen LogP contribution in [0.25, 0.3) is 11.3 Å². The van der Waals surface area contributed by atoms with Crippen LogP contribution in [0.15, 0.2) is 54.6 Å². The zero-order chi connectivity index (χ0) is 17.2. The van der Waals surface area contributed by atoms with Crippen LogP contribution in [-0.4, -0.2) is 31.9 Å². The quantitative estimate of drug-likeness (QED) is 0.685. The van der Waals surface area contributed by atoms with Gasteiger partial charge in [-0.1, -0.05) is 35.5 Å². The van der Waals surface area contributed by atoms with Crippen molar-refractivity contribution < 1.29 is 19.1 Å². The highest BCUT2D eigenvalue weighted by Gasteiger charge is 2.29. The van der Waals surface area contributed by atoms with E-state index in [9.17, 15) is 14.4 Å². The van der Waals surface area contributed by atoms with Gasteiger partial charge in [0.1, 0.15) is 11.4 Å². The van der Waals surface area contributed by atoms with Crippen LogP contribution in [0.4, 0.5) is 0 Å². The number of hydrogen-bond acceptors (Lipinski definition) is 4. The Morgan fingerprint density at radius 3 is 2.33 bits per heavy atom. The van der Waals surface area contributed by atoms with E-state index < -0.39 is 7.60 Å². The fraction of sp³-hybridized carbons (Fsp3) is 0.125. The van der Waals surface area contributed by atoms with Gasteiger partial charge < -0.3 is 14.5 Å². The Morgan fingerprint density at radius 1 is 1.08 bits per heavy atom. The Hall–Kier alpha value is -2.47. The molecule has 0 bridgehead atoms. The van der Waals surface area contributed by atoms with Crippen LogP contribution in [0.5, 0.6) is 5.75 Å². The number of nitrogens with zero attached hydrogens (tertiary/aromatic N) is 3. The van der Waals surface area contributed by atoms with Gasteiger partial charge in [-0.15, -0.1) is 5.10 Å². The maximum absolute atomic E-state index is 11.8. The van der Waals surface area contributed by atoms with Crippen molar-refractivity contribution in [3.05, 3.63) is 60.2 Å². The van der Waals surface area contributed by atoms with E-state index in [-0.39, 0.29) is 5.44 Å². The first kappa shape index (κ1) is 16.4. The largest absolute Gasteiger partial charge is 0.497 e. The smallest absolute Gasteiger partial charge is 0.378 e. The number of hydrogen-bond donors (Lipinski definition) is 2. The van der Waals surface area contributed by atoms with E-state index in [1.807, 2.05) is 30.3 Å². The first-order valence-electron chi connectivity index (χ1n) is 7.17. The van der Waals surface area contributed by atoms with Crippen molar-refractivity contribution in [1.82, 2.24) is 15.0 Å². The van der Waals surface area contributed by atoms with E-state index in [4.69, 9.17) is 4.74 Å². The summed E-state index contributed by atoms with van der Waals surface area (Å²) in [4.78, 5) is 19.2. The molecule has 0 saturated carbocycles. The SMILES string of the molecule is COc1ccc(-c2c(P(=O)(O)O)nnn2Cc2ccccc2)cc1. The maximum Gasteiger partial charge on any atom is 0.378 e. The minimum Gasteiger partial charge on any atom is -0.497 e. The molecule has 0 aliphatic rings. The number of rotatable bonds is 5. The molecule has 1 aromatic heterocycles. The lowest BCUT2D eigenvalue weighted by atomic mass is 10.1. The molecule has 24 heavy (non-hydrogen) atoms. The monoisotopic (exact) mass is 345 g/mol. The van der Waals surface area contributed by atoms with Crippen molar-refractivity contribution in [3.8, 4) is 17.0 Å². The number of ether oxygens (including phenoxy) is 1. The second-order valence-corrected chi connectivity index (χ2v) is 6.69. The first-order valence-corrected chi connectivity index (χ1v) is 8.78. The molecule has 0 aliphatic carbocycles. The molecule has 3 aromatic rings. The van der Waals surface area contributed by atoms with Gasteiger partial charge in [-0.2, -0.15) is 0 Å². The summed E-state index contributed by atoms with van der Waals surface area (Å²) in [6.07, 6.45) is 0. The standard InChI is InChI=1S/C16H16N3O4P/c1-23-14-9-7-13(8-10-14)15-16(24(20,21)22)17-18-19(15)11-12-5-3-2-4-6-12/h2-10H,11H2,1H3,(H2,20,21,22). The van der Waals surface area contributed by atoms with E-state index in [0.717, 1.165) is 5.56 Å². The lowest BCUT2D eigenvalue weighted by Crippen LogP contribution is -2.11. The summed E-state index contributed by atoms with van der Waals surface area (Å²) in [5.41, 5.74) is 1.53. The highest BCUT2D eigenvalue weighted by molar-refractivity contribution is 7.60. The predicted octanol–water partition coefficient (Wildman–Crippen LogP) is 1.80. The molecular weight excluding hydrogens is 329 g/mol. The van der Waals surface area contributed by atoms with Crippen molar-refractivity contribution in [1.29, 1.82) is 0 Å². The molecule has 0 spiro atoms. The molecule has 2 N–H and O–H groups in total. The summed E-state index contributed by atoms with van der Waals surface area (Å²) in [5.74, 6) is 0.651. The van der Waals surface area contributed by atoms with Gasteiger partial charge in [-0.05, 0) is 29.8 Å².